The second-order valence-electron chi connectivity index (χ2n) is 4.57. The van der Waals surface area contributed by atoms with Gasteiger partial charge in [-0.15, -0.1) is 5.16 Å². The normalized spacial score (nSPS) is 49.2. The van der Waals surface area contributed by atoms with E-state index in [9.17, 15) is 0 Å². The third-order valence-electron chi connectivity index (χ3n) is 3.57. The summed E-state index contributed by atoms with van der Waals surface area (Å²) in [6.45, 7) is 1.46. The molecule has 0 aromatic carbocycles. The predicted octanol–water partition coefficient (Wildman–Crippen LogP) is 0.990. The van der Waals surface area contributed by atoms with Gasteiger partial charge < -0.3 is 14.7 Å². The molecule has 3 aliphatic carbocycles. The molecule has 1 aliphatic heterocycles. The van der Waals surface area contributed by atoms with Gasteiger partial charge in [0.25, 0.3) is 0 Å². The van der Waals surface area contributed by atoms with E-state index in [1.165, 1.54) is 0 Å². The van der Waals surface area contributed by atoms with E-state index >= 15 is 0 Å². The summed E-state index contributed by atoms with van der Waals surface area (Å²) in [6, 6.07) is 0. The van der Waals surface area contributed by atoms with Crippen LogP contribution >= 0.6 is 0 Å². The molecule has 4 heteroatoms. The fourth-order valence-electron chi connectivity index (χ4n) is 3.17. The Hall–Kier alpha value is -0.610. The summed E-state index contributed by atoms with van der Waals surface area (Å²) < 4.78 is 11.0. The maximum Gasteiger partial charge on any atom is 0.163 e. The van der Waals surface area contributed by atoms with Crippen LogP contribution in [0.4, 0.5) is 0 Å². The molecule has 0 spiro atoms. The van der Waals surface area contributed by atoms with Crippen LogP contribution in [0.1, 0.15) is 19.3 Å². The molecule has 1 heterocycles. The average Bonchev–Trinajstić information content (AvgIpc) is 2.45. The first-order chi connectivity index (χ1) is 6.29. The number of hydrogen-bond donors (Lipinski definition) is 1. The van der Waals surface area contributed by atoms with Gasteiger partial charge in [-0.25, -0.2) is 0 Å². The molecule has 13 heavy (non-hydrogen) atoms. The monoisotopic (exact) mass is 183 g/mol. The van der Waals surface area contributed by atoms with Crippen LogP contribution in [-0.2, 0) is 9.47 Å². The van der Waals surface area contributed by atoms with Crippen molar-refractivity contribution in [3.05, 3.63) is 0 Å². The van der Waals surface area contributed by atoms with Crippen LogP contribution in [0, 0.1) is 10.8 Å². The minimum Gasteiger partial charge on any atom is -0.411 e. The van der Waals surface area contributed by atoms with Crippen LogP contribution in [0.5, 0.6) is 0 Å². The molecule has 0 aromatic heterocycles. The Balaban J connectivity index is 1.66. The van der Waals surface area contributed by atoms with Crippen molar-refractivity contribution in [1.82, 2.24) is 0 Å². The molecule has 2 bridgehead atoms. The molecule has 0 unspecified atom stereocenters. The van der Waals surface area contributed by atoms with Crippen LogP contribution in [-0.4, -0.2) is 30.9 Å². The molecule has 0 amide bonds. The smallest absolute Gasteiger partial charge is 0.163 e. The van der Waals surface area contributed by atoms with E-state index in [4.69, 9.17) is 14.7 Å². The van der Waals surface area contributed by atoms with Gasteiger partial charge in [0.15, 0.2) is 6.29 Å². The van der Waals surface area contributed by atoms with E-state index in [2.05, 4.69) is 5.16 Å². The third-order valence-corrected chi connectivity index (χ3v) is 3.57. The highest BCUT2D eigenvalue weighted by molar-refractivity contribution is 5.71. The summed E-state index contributed by atoms with van der Waals surface area (Å²) in [5, 5.41) is 11.6. The van der Waals surface area contributed by atoms with Crippen molar-refractivity contribution in [3.63, 3.8) is 0 Å². The van der Waals surface area contributed by atoms with Crippen LogP contribution in [0.3, 0.4) is 0 Å². The first-order valence-corrected chi connectivity index (χ1v) is 4.71. The largest absolute Gasteiger partial charge is 0.411 e. The zero-order chi connectivity index (χ0) is 8.94. The van der Waals surface area contributed by atoms with Crippen LogP contribution in [0.2, 0.25) is 0 Å². The number of nitrogens with zero attached hydrogens (tertiary/aromatic N) is 1. The molecule has 0 aromatic rings. The van der Waals surface area contributed by atoms with Gasteiger partial charge in [0.05, 0.1) is 13.2 Å². The van der Waals surface area contributed by atoms with Crippen molar-refractivity contribution >= 4 is 6.21 Å². The summed E-state index contributed by atoms with van der Waals surface area (Å²) >= 11 is 0. The summed E-state index contributed by atoms with van der Waals surface area (Å²) in [5.74, 6) is 0. The van der Waals surface area contributed by atoms with Crippen molar-refractivity contribution in [3.8, 4) is 0 Å². The molecule has 3 saturated carbocycles. The quantitative estimate of drug-likeness (QED) is 0.394. The highest BCUT2D eigenvalue weighted by Gasteiger charge is 2.71. The SMILES string of the molecule is ON=CC12CC(C3OCCO3)(C1)C2. The van der Waals surface area contributed by atoms with Gasteiger partial charge in [-0.05, 0) is 19.3 Å². The lowest BCUT2D eigenvalue weighted by Crippen LogP contribution is -2.67. The Kier molecular flexibility index (Phi) is 1.34. The van der Waals surface area contributed by atoms with Crippen molar-refractivity contribution < 1.29 is 14.7 Å². The molecule has 4 nitrogen and oxygen atoms in total. The van der Waals surface area contributed by atoms with Crippen LogP contribution in [0.15, 0.2) is 5.16 Å². The van der Waals surface area contributed by atoms with Crippen molar-refractivity contribution in [1.29, 1.82) is 0 Å². The number of ether oxygens (including phenoxy) is 2. The zero-order valence-electron chi connectivity index (χ0n) is 7.40. The second kappa shape index (κ2) is 2.25. The van der Waals surface area contributed by atoms with Crippen LogP contribution < -0.4 is 0 Å². The molecule has 1 saturated heterocycles. The number of rotatable bonds is 2. The lowest BCUT2D eigenvalue weighted by atomic mass is 9.35. The predicted molar refractivity (Wildman–Crippen MR) is 44.7 cm³/mol. The summed E-state index contributed by atoms with van der Waals surface area (Å²) in [4.78, 5) is 0. The fourth-order valence-corrected chi connectivity index (χ4v) is 3.17. The molecule has 4 aliphatic rings. The summed E-state index contributed by atoms with van der Waals surface area (Å²) in [7, 11) is 0. The van der Waals surface area contributed by atoms with Gasteiger partial charge in [0.1, 0.15) is 0 Å². The standard InChI is InChI=1S/C9H13NO3/c11-10-6-8-3-9(4-8,5-8)7-12-1-2-13-7/h6-7,11H,1-5H2. The maximum absolute atomic E-state index is 8.45. The lowest BCUT2D eigenvalue weighted by molar-refractivity contribution is -0.277. The Labute approximate surface area is 76.5 Å². The highest BCUT2D eigenvalue weighted by atomic mass is 16.7. The van der Waals surface area contributed by atoms with E-state index in [-0.39, 0.29) is 17.1 Å². The molecule has 72 valence electrons. The van der Waals surface area contributed by atoms with Gasteiger partial charge >= 0.3 is 0 Å². The maximum atomic E-state index is 8.45. The van der Waals surface area contributed by atoms with Crippen LogP contribution in [0.25, 0.3) is 0 Å². The summed E-state index contributed by atoms with van der Waals surface area (Å²) in [6.07, 6.45) is 4.88. The Bertz CT molecular complexity index is 238. The van der Waals surface area contributed by atoms with Crippen molar-refractivity contribution in [2.75, 3.05) is 13.2 Å². The van der Waals surface area contributed by atoms with Gasteiger partial charge in [-0.1, -0.05) is 0 Å². The van der Waals surface area contributed by atoms with E-state index in [1.807, 2.05) is 0 Å². The minimum absolute atomic E-state index is 0.0152. The van der Waals surface area contributed by atoms with E-state index in [1.54, 1.807) is 6.21 Å². The van der Waals surface area contributed by atoms with E-state index in [0.717, 1.165) is 32.5 Å². The second-order valence-corrected chi connectivity index (χ2v) is 4.57. The highest BCUT2D eigenvalue weighted by Crippen LogP contribution is 2.74. The van der Waals surface area contributed by atoms with Gasteiger partial charge in [0, 0.05) is 17.0 Å². The van der Waals surface area contributed by atoms with Gasteiger partial charge in [-0.2, -0.15) is 0 Å². The number of oxime groups is 1. The first-order valence-electron chi connectivity index (χ1n) is 4.71. The third kappa shape index (κ3) is 0.849. The molecule has 4 fully saturated rings. The lowest BCUT2D eigenvalue weighted by Gasteiger charge is -2.70. The molecular weight excluding hydrogens is 170 g/mol. The average molecular weight is 183 g/mol. The zero-order valence-corrected chi connectivity index (χ0v) is 7.40. The number of hydrogen-bond acceptors (Lipinski definition) is 4. The Morgan fingerprint density at radius 3 is 2.38 bits per heavy atom. The topological polar surface area (TPSA) is 51.1 Å². The van der Waals surface area contributed by atoms with Gasteiger partial charge in [0.2, 0.25) is 0 Å². The minimum atomic E-state index is 0.0152. The molecule has 4 rings (SSSR count). The van der Waals surface area contributed by atoms with E-state index in [0.29, 0.717) is 0 Å². The molecule has 1 N–H and O–H groups in total. The first kappa shape index (κ1) is 7.76. The van der Waals surface area contributed by atoms with Gasteiger partial charge in [-0.3, -0.25) is 0 Å². The Morgan fingerprint density at radius 1 is 1.23 bits per heavy atom. The fraction of sp³-hybridized carbons (Fsp3) is 0.889. The van der Waals surface area contributed by atoms with E-state index < -0.39 is 0 Å². The molecule has 0 atom stereocenters. The molecule has 0 radical (unpaired) electrons. The van der Waals surface area contributed by atoms with Crippen molar-refractivity contribution in [2.24, 2.45) is 16.0 Å². The Morgan fingerprint density at radius 2 is 1.85 bits per heavy atom. The van der Waals surface area contributed by atoms with Crippen molar-refractivity contribution in [2.45, 2.75) is 25.6 Å². The molecular formula is C9H13NO3. The summed E-state index contributed by atoms with van der Waals surface area (Å²) in [5.41, 5.74) is 0.446.